The Kier molecular flexibility index (Phi) is 6.10. The lowest BCUT2D eigenvalue weighted by Gasteiger charge is -2.14. The van der Waals surface area contributed by atoms with E-state index in [0.717, 1.165) is 34.9 Å². The average molecular weight is 360 g/mol. The van der Waals surface area contributed by atoms with Crippen LogP contribution in [-0.4, -0.2) is 12.5 Å². The van der Waals surface area contributed by atoms with E-state index in [1.54, 1.807) is 0 Å². The quantitative estimate of drug-likeness (QED) is 0.593. The molecule has 0 fully saturated rings. The summed E-state index contributed by atoms with van der Waals surface area (Å²) < 4.78 is 5.76. The molecule has 0 atom stereocenters. The number of rotatable bonds is 7. The van der Waals surface area contributed by atoms with Gasteiger partial charge in [0.2, 0.25) is 5.91 Å². The van der Waals surface area contributed by atoms with Gasteiger partial charge in [-0.2, -0.15) is 0 Å². The zero-order chi connectivity index (χ0) is 19.1. The molecule has 0 saturated heterocycles. The molecule has 1 amide bonds. The lowest BCUT2D eigenvalue weighted by atomic mass is 10.1. The van der Waals surface area contributed by atoms with Gasteiger partial charge in [-0.05, 0) is 60.9 Å². The summed E-state index contributed by atoms with van der Waals surface area (Å²) in [4.78, 5) is 12.3. The number of amides is 1. The Balaban J connectivity index is 1.55. The van der Waals surface area contributed by atoms with Crippen molar-refractivity contribution in [2.75, 3.05) is 17.2 Å². The molecule has 0 saturated carbocycles. The molecule has 3 aromatic carbocycles. The van der Waals surface area contributed by atoms with Crippen LogP contribution in [0.2, 0.25) is 0 Å². The summed E-state index contributed by atoms with van der Waals surface area (Å²) in [6.45, 7) is 4.38. The van der Waals surface area contributed by atoms with E-state index >= 15 is 0 Å². The highest BCUT2D eigenvalue weighted by Gasteiger charge is 2.07. The van der Waals surface area contributed by atoms with Gasteiger partial charge in [-0.15, -0.1) is 0 Å². The molecule has 0 heterocycles. The van der Waals surface area contributed by atoms with Crippen LogP contribution in [0.25, 0.3) is 0 Å². The van der Waals surface area contributed by atoms with Crippen molar-refractivity contribution in [2.45, 2.75) is 20.3 Å². The lowest BCUT2D eigenvalue weighted by molar-refractivity contribution is -0.114. The molecule has 4 nitrogen and oxygen atoms in total. The third kappa shape index (κ3) is 5.11. The molecular weight excluding hydrogens is 336 g/mol. The summed E-state index contributed by atoms with van der Waals surface area (Å²) in [5.41, 5.74) is 4.14. The molecule has 0 spiro atoms. The fraction of sp³-hybridized carbons (Fsp3) is 0.174. The van der Waals surface area contributed by atoms with E-state index in [1.165, 1.54) is 5.56 Å². The second kappa shape index (κ2) is 8.90. The number of anilines is 2. The summed E-state index contributed by atoms with van der Waals surface area (Å²) in [5, 5.41) is 6.16. The highest BCUT2D eigenvalue weighted by molar-refractivity contribution is 5.94. The number of benzene rings is 3. The van der Waals surface area contributed by atoms with Crippen molar-refractivity contribution in [3.8, 4) is 11.5 Å². The first-order valence-electron chi connectivity index (χ1n) is 9.11. The predicted molar refractivity (Wildman–Crippen MR) is 111 cm³/mol. The van der Waals surface area contributed by atoms with Crippen LogP contribution in [0.15, 0.2) is 72.8 Å². The third-order valence-corrected chi connectivity index (χ3v) is 4.28. The van der Waals surface area contributed by atoms with Crippen LogP contribution in [0, 0.1) is 6.92 Å². The van der Waals surface area contributed by atoms with Crippen LogP contribution in [0.5, 0.6) is 11.5 Å². The van der Waals surface area contributed by atoms with Crippen molar-refractivity contribution in [3.05, 3.63) is 83.9 Å². The molecule has 3 aromatic rings. The number of para-hydroxylation sites is 2. The van der Waals surface area contributed by atoms with Crippen molar-refractivity contribution < 1.29 is 9.53 Å². The second-order valence-corrected chi connectivity index (χ2v) is 6.30. The van der Waals surface area contributed by atoms with E-state index in [2.05, 4.69) is 23.6 Å². The molecule has 0 unspecified atom stereocenters. The normalized spacial score (nSPS) is 10.3. The molecule has 0 aromatic heterocycles. The van der Waals surface area contributed by atoms with Gasteiger partial charge in [0.15, 0.2) is 0 Å². The average Bonchev–Trinajstić information content (AvgIpc) is 2.69. The monoisotopic (exact) mass is 360 g/mol. The summed E-state index contributed by atoms with van der Waals surface area (Å²) in [6.07, 6.45) is 0.925. The van der Waals surface area contributed by atoms with Crippen molar-refractivity contribution >= 4 is 17.3 Å². The first-order chi connectivity index (χ1) is 13.2. The molecule has 0 radical (unpaired) electrons. The van der Waals surface area contributed by atoms with E-state index < -0.39 is 0 Å². The van der Waals surface area contributed by atoms with E-state index in [9.17, 15) is 4.79 Å². The first-order valence-corrected chi connectivity index (χ1v) is 9.11. The van der Waals surface area contributed by atoms with Gasteiger partial charge in [0, 0.05) is 11.4 Å². The van der Waals surface area contributed by atoms with E-state index in [-0.39, 0.29) is 12.5 Å². The zero-order valence-corrected chi connectivity index (χ0v) is 15.7. The summed E-state index contributed by atoms with van der Waals surface area (Å²) in [6, 6.07) is 23.1. The van der Waals surface area contributed by atoms with Crippen molar-refractivity contribution in [2.24, 2.45) is 0 Å². The summed E-state index contributed by atoms with van der Waals surface area (Å²) >= 11 is 0. The maximum absolute atomic E-state index is 12.3. The molecule has 0 aliphatic rings. The second-order valence-electron chi connectivity index (χ2n) is 6.30. The minimum absolute atomic E-state index is 0.0861. The summed E-state index contributed by atoms with van der Waals surface area (Å²) in [5.74, 6) is 1.42. The Morgan fingerprint density at radius 1 is 0.889 bits per heavy atom. The highest BCUT2D eigenvalue weighted by atomic mass is 16.5. The lowest BCUT2D eigenvalue weighted by Crippen LogP contribution is -2.22. The van der Waals surface area contributed by atoms with Crippen LogP contribution in [0.4, 0.5) is 11.4 Å². The highest BCUT2D eigenvalue weighted by Crippen LogP contribution is 2.23. The minimum atomic E-state index is -0.0861. The van der Waals surface area contributed by atoms with Gasteiger partial charge in [-0.1, -0.05) is 43.3 Å². The number of ether oxygens (including phenoxy) is 1. The van der Waals surface area contributed by atoms with Crippen molar-refractivity contribution in [1.82, 2.24) is 0 Å². The van der Waals surface area contributed by atoms with Crippen LogP contribution in [0.1, 0.15) is 18.1 Å². The minimum Gasteiger partial charge on any atom is -0.457 e. The number of aryl methyl sites for hydroxylation is 2. The largest absolute Gasteiger partial charge is 0.457 e. The molecule has 0 aliphatic heterocycles. The predicted octanol–water partition coefficient (Wildman–Crippen LogP) is 5.40. The van der Waals surface area contributed by atoms with Crippen LogP contribution >= 0.6 is 0 Å². The SMILES string of the molecule is CCc1cccc(C)c1NCC(=O)Nc1ccc(Oc2ccccc2)cc1. The Morgan fingerprint density at radius 2 is 1.59 bits per heavy atom. The van der Waals surface area contributed by atoms with Crippen molar-refractivity contribution in [1.29, 1.82) is 0 Å². The van der Waals surface area contributed by atoms with Gasteiger partial charge in [0.25, 0.3) is 0 Å². The maximum Gasteiger partial charge on any atom is 0.243 e. The Hall–Kier alpha value is -3.27. The first kappa shape index (κ1) is 18.5. The fourth-order valence-electron chi connectivity index (χ4n) is 2.88. The Morgan fingerprint density at radius 3 is 2.30 bits per heavy atom. The fourth-order valence-corrected chi connectivity index (χ4v) is 2.88. The molecule has 0 bridgehead atoms. The van der Waals surface area contributed by atoms with E-state index in [4.69, 9.17) is 4.74 Å². The molecule has 0 aliphatic carbocycles. The third-order valence-electron chi connectivity index (χ3n) is 4.28. The molecule has 27 heavy (non-hydrogen) atoms. The number of carbonyl (C=O) groups excluding carboxylic acids is 1. The Bertz CT molecular complexity index is 890. The van der Waals surface area contributed by atoms with Gasteiger partial charge in [-0.25, -0.2) is 0 Å². The van der Waals surface area contributed by atoms with Gasteiger partial charge in [-0.3, -0.25) is 4.79 Å². The standard InChI is InChI=1S/C23H24N2O2/c1-3-18-9-7-8-17(2)23(18)24-16-22(26)25-19-12-14-21(15-13-19)27-20-10-5-4-6-11-20/h4-15,24H,3,16H2,1-2H3,(H,25,26). The molecule has 4 heteroatoms. The van der Waals surface area contributed by atoms with E-state index in [0.29, 0.717) is 0 Å². The summed E-state index contributed by atoms with van der Waals surface area (Å²) in [7, 11) is 0. The zero-order valence-electron chi connectivity index (χ0n) is 15.7. The van der Waals surface area contributed by atoms with Crippen LogP contribution < -0.4 is 15.4 Å². The number of hydrogen-bond acceptors (Lipinski definition) is 3. The smallest absolute Gasteiger partial charge is 0.243 e. The van der Waals surface area contributed by atoms with Gasteiger partial charge in [0.1, 0.15) is 11.5 Å². The van der Waals surface area contributed by atoms with Gasteiger partial charge < -0.3 is 15.4 Å². The van der Waals surface area contributed by atoms with Gasteiger partial charge in [0.05, 0.1) is 6.54 Å². The molecular formula is C23H24N2O2. The number of hydrogen-bond donors (Lipinski definition) is 2. The number of nitrogens with one attached hydrogen (secondary N) is 2. The van der Waals surface area contributed by atoms with Gasteiger partial charge >= 0.3 is 0 Å². The molecule has 2 N–H and O–H groups in total. The molecule has 138 valence electrons. The number of carbonyl (C=O) groups is 1. The van der Waals surface area contributed by atoms with Crippen LogP contribution in [0.3, 0.4) is 0 Å². The Labute approximate surface area is 160 Å². The maximum atomic E-state index is 12.3. The van der Waals surface area contributed by atoms with Crippen LogP contribution in [-0.2, 0) is 11.2 Å². The van der Waals surface area contributed by atoms with Crippen molar-refractivity contribution in [3.63, 3.8) is 0 Å². The topological polar surface area (TPSA) is 50.4 Å². The van der Waals surface area contributed by atoms with E-state index in [1.807, 2.05) is 73.7 Å². The molecule has 3 rings (SSSR count).